The summed E-state index contributed by atoms with van der Waals surface area (Å²) in [4.78, 5) is 0. The first-order valence-corrected chi connectivity index (χ1v) is 6.35. The molecule has 0 aliphatic rings. The molecular weight excluding hydrogens is 316 g/mol. The van der Waals surface area contributed by atoms with E-state index in [0.717, 1.165) is 16.1 Å². The molecule has 0 bridgehead atoms. The molecule has 0 spiro atoms. The average molecular weight is 328 g/mol. The van der Waals surface area contributed by atoms with Gasteiger partial charge in [0.15, 0.2) is 0 Å². The molecule has 1 atom stereocenters. The van der Waals surface area contributed by atoms with Crippen LogP contribution in [0.4, 0.5) is 8.78 Å². The number of rotatable bonds is 3. The van der Waals surface area contributed by atoms with Gasteiger partial charge in [-0.05, 0) is 51.3 Å². The van der Waals surface area contributed by atoms with Gasteiger partial charge in [-0.2, -0.15) is 0 Å². The van der Waals surface area contributed by atoms with Crippen LogP contribution in [0.5, 0.6) is 5.75 Å². The number of ether oxygens (including phenoxy) is 1. The fraction of sp³-hybridized carbons (Fsp3) is 0.143. The molecule has 2 rings (SSSR count). The molecule has 0 amide bonds. The molecule has 1 unspecified atom stereocenters. The van der Waals surface area contributed by atoms with E-state index in [2.05, 4.69) is 15.9 Å². The van der Waals surface area contributed by atoms with Crippen LogP contribution in [0.25, 0.3) is 0 Å². The van der Waals surface area contributed by atoms with E-state index in [1.807, 2.05) is 0 Å². The second kappa shape index (κ2) is 5.67. The highest BCUT2D eigenvalue weighted by Gasteiger charge is 2.13. The van der Waals surface area contributed by atoms with Gasteiger partial charge in [-0.3, -0.25) is 0 Å². The van der Waals surface area contributed by atoms with Crippen molar-refractivity contribution in [2.75, 3.05) is 7.11 Å². The Labute approximate surface area is 118 Å². The van der Waals surface area contributed by atoms with Crippen LogP contribution in [-0.4, -0.2) is 7.11 Å². The maximum atomic E-state index is 13.2. The number of benzene rings is 2. The Balaban J connectivity index is 2.38. The molecule has 0 radical (unpaired) electrons. The standard InChI is InChI=1S/C14H12BrF2NO/c1-19-13-3-2-8(6-12(13)15)14(18)9-4-10(16)7-11(17)5-9/h2-7,14H,18H2,1H3. The van der Waals surface area contributed by atoms with Crippen molar-refractivity contribution in [3.63, 3.8) is 0 Å². The summed E-state index contributed by atoms with van der Waals surface area (Å²) < 4.78 is 32.2. The maximum Gasteiger partial charge on any atom is 0.133 e. The summed E-state index contributed by atoms with van der Waals surface area (Å²) in [5.74, 6) is -0.613. The van der Waals surface area contributed by atoms with Crippen LogP contribution in [-0.2, 0) is 0 Å². The quantitative estimate of drug-likeness (QED) is 0.931. The molecule has 5 heteroatoms. The molecule has 2 nitrogen and oxygen atoms in total. The summed E-state index contributed by atoms with van der Waals surface area (Å²) >= 11 is 3.35. The molecule has 0 aromatic heterocycles. The molecule has 100 valence electrons. The maximum absolute atomic E-state index is 13.2. The van der Waals surface area contributed by atoms with Crippen LogP contribution in [0.15, 0.2) is 40.9 Å². The predicted octanol–water partition coefficient (Wildman–Crippen LogP) is 3.78. The van der Waals surface area contributed by atoms with E-state index < -0.39 is 17.7 Å². The summed E-state index contributed by atoms with van der Waals surface area (Å²) in [5, 5.41) is 0. The van der Waals surface area contributed by atoms with Gasteiger partial charge in [-0.15, -0.1) is 0 Å². The van der Waals surface area contributed by atoms with E-state index in [4.69, 9.17) is 10.5 Å². The molecule has 0 saturated heterocycles. The van der Waals surface area contributed by atoms with Crippen molar-refractivity contribution in [3.8, 4) is 5.75 Å². The molecule has 19 heavy (non-hydrogen) atoms. The van der Waals surface area contributed by atoms with Gasteiger partial charge in [0, 0.05) is 6.07 Å². The van der Waals surface area contributed by atoms with Crippen molar-refractivity contribution in [1.82, 2.24) is 0 Å². The van der Waals surface area contributed by atoms with Gasteiger partial charge < -0.3 is 10.5 Å². The predicted molar refractivity (Wildman–Crippen MR) is 73.1 cm³/mol. The van der Waals surface area contributed by atoms with E-state index in [9.17, 15) is 8.78 Å². The molecule has 2 N–H and O–H groups in total. The molecule has 2 aromatic rings. The first kappa shape index (κ1) is 14.0. The lowest BCUT2D eigenvalue weighted by atomic mass is 9.99. The van der Waals surface area contributed by atoms with E-state index in [1.54, 1.807) is 25.3 Å². The summed E-state index contributed by atoms with van der Waals surface area (Å²) in [5.41, 5.74) is 7.14. The van der Waals surface area contributed by atoms with Crippen LogP contribution in [0.1, 0.15) is 17.2 Å². The van der Waals surface area contributed by atoms with Gasteiger partial charge in [0.2, 0.25) is 0 Å². The Morgan fingerprint density at radius 1 is 1.05 bits per heavy atom. The lowest BCUT2D eigenvalue weighted by Crippen LogP contribution is -2.12. The van der Waals surface area contributed by atoms with Crippen molar-refractivity contribution in [2.45, 2.75) is 6.04 Å². The minimum Gasteiger partial charge on any atom is -0.496 e. The van der Waals surface area contributed by atoms with Gasteiger partial charge in [-0.25, -0.2) is 8.78 Å². The second-order valence-electron chi connectivity index (χ2n) is 4.07. The summed E-state index contributed by atoms with van der Waals surface area (Å²) in [6, 6.07) is 7.95. The molecule has 0 aliphatic carbocycles. The molecule has 0 saturated carbocycles. The zero-order chi connectivity index (χ0) is 14.0. The molecule has 0 heterocycles. The van der Waals surface area contributed by atoms with Gasteiger partial charge in [0.25, 0.3) is 0 Å². The number of methoxy groups -OCH3 is 1. The SMILES string of the molecule is COc1ccc(C(N)c2cc(F)cc(F)c2)cc1Br. The number of nitrogens with two attached hydrogens (primary N) is 1. The fourth-order valence-electron chi connectivity index (χ4n) is 1.82. The number of hydrogen-bond donors (Lipinski definition) is 1. The minimum atomic E-state index is -0.641. The van der Waals surface area contributed by atoms with Crippen molar-refractivity contribution < 1.29 is 13.5 Å². The van der Waals surface area contributed by atoms with Crippen LogP contribution in [0.2, 0.25) is 0 Å². The van der Waals surface area contributed by atoms with Crippen LogP contribution < -0.4 is 10.5 Å². The van der Waals surface area contributed by atoms with E-state index in [1.165, 1.54) is 12.1 Å². The third kappa shape index (κ3) is 3.11. The first-order valence-electron chi connectivity index (χ1n) is 5.56. The minimum absolute atomic E-state index is 0.384. The summed E-state index contributed by atoms with van der Waals surface area (Å²) in [7, 11) is 1.56. The smallest absolute Gasteiger partial charge is 0.133 e. The fourth-order valence-corrected chi connectivity index (χ4v) is 2.38. The van der Waals surface area contributed by atoms with Gasteiger partial charge >= 0.3 is 0 Å². The Kier molecular flexibility index (Phi) is 4.17. The third-order valence-corrected chi connectivity index (χ3v) is 3.40. The number of halogens is 3. The van der Waals surface area contributed by atoms with Gasteiger partial charge in [0.1, 0.15) is 17.4 Å². The highest BCUT2D eigenvalue weighted by Crippen LogP contribution is 2.30. The molecule has 2 aromatic carbocycles. The van der Waals surface area contributed by atoms with Gasteiger partial charge in [0.05, 0.1) is 17.6 Å². The second-order valence-corrected chi connectivity index (χ2v) is 4.93. The van der Waals surface area contributed by atoms with Crippen molar-refractivity contribution in [1.29, 1.82) is 0 Å². The molecular formula is C14H12BrF2NO. The Morgan fingerprint density at radius 3 is 2.21 bits per heavy atom. The Hall–Kier alpha value is -1.46. The number of hydrogen-bond acceptors (Lipinski definition) is 2. The highest BCUT2D eigenvalue weighted by atomic mass is 79.9. The zero-order valence-corrected chi connectivity index (χ0v) is 11.7. The summed E-state index contributed by atoms with van der Waals surface area (Å²) in [6.45, 7) is 0. The normalized spacial score (nSPS) is 12.3. The van der Waals surface area contributed by atoms with Crippen LogP contribution in [0.3, 0.4) is 0 Å². The lowest BCUT2D eigenvalue weighted by molar-refractivity contribution is 0.412. The average Bonchev–Trinajstić information content (AvgIpc) is 2.36. The first-order chi connectivity index (χ1) is 9.01. The van der Waals surface area contributed by atoms with Crippen molar-refractivity contribution >= 4 is 15.9 Å². The highest BCUT2D eigenvalue weighted by molar-refractivity contribution is 9.10. The largest absolute Gasteiger partial charge is 0.496 e. The van der Waals surface area contributed by atoms with E-state index in [0.29, 0.717) is 11.3 Å². The van der Waals surface area contributed by atoms with E-state index in [-0.39, 0.29) is 0 Å². The van der Waals surface area contributed by atoms with Crippen LogP contribution in [0, 0.1) is 11.6 Å². The Morgan fingerprint density at radius 2 is 1.68 bits per heavy atom. The Bertz CT molecular complexity index is 584. The van der Waals surface area contributed by atoms with Gasteiger partial charge in [-0.1, -0.05) is 6.07 Å². The van der Waals surface area contributed by atoms with E-state index >= 15 is 0 Å². The van der Waals surface area contributed by atoms with Crippen LogP contribution >= 0.6 is 15.9 Å². The monoisotopic (exact) mass is 327 g/mol. The lowest BCUT2D eigenvalue weighted by Gasteiger charge is -2.14. The van der Waals surface area contributed by atoms with Crippen molar-refractivity contribution in [2.24, 2.45) is 5.73 Å². The van der Waals surface area contributed by atoms with Crippen molar-refractivity contribution in [3.05, 3.63) is 63.6 Å². The molecule has 0 aliphatic heterocycles. The summed E-state index contributed by atoms with van der Waals surface area (Å²) in [6.07, 6.45) is 0. The molecule has 0 fully saturated rings. The third-order valence-electron chi connectivity index (χ3n) is 2.78. The topological polar surface area (TPSA) is 35.2 Å². The zero-order valence-electron chi connectivity index (χ0n) is 10.2.